The minimum Gasteiger partial charge on any atom is -0.462 e. The zero-order valence-corrected chi connectivity index (χ0v) is 30.9. The van der Waals surface area contributed by atoms with Gasteiger partial charge < -0.3 is 9.47 Å². The van der Waals surface area contributed by atoms with E-state index in [0.29, 0.717) is 30.4 Å². The average Bonchev–Trinajstić information content (AvgIpc) is 3.65. The summed E-state index contributed by atoms with van der Waals surface area (Å²) in [5.74, 6) is 0.598. The van der Waals surface area contributed by atoms with Crippen molar-refractivity contribution in [2.45, 2.75) is 118 Å². The molecule has 0 saturated heterocycles. The molecule has 3 aromatic carbocycles. The number of carbonyl (C=O) groups is 2. The Morgan fingerprint density at radius 2 is 1.51 bits per heavy atom. The molecule has 0 amide bonds. The first kappa shape index (κ1) is 36.6. The van der Waals surface area contributed by atoms with Crippen LogP contribution >= 0.6 is 0 Å². The molecule has 2 aliphatic rings. The Hall–Kier alpha value is -3.66. The molecule has 4 heteroatoms. The van der Waals surface area contributed by atoms with Gasteiger partial charge in [0.2, 0.25) is 0 Å². The van der Waals surface area contributed by atoms with Crippen LogP contribution in [0, 0.1) is 22.7 Å². The Balaban J connectivity index is 1.40. The van der Waals surface area contributed by atoms with Gasteiger partial charge in [0.05, 0.1) is 17.6 Å². The summed E-state index contributed by atoms with van der Waals surface area (Å²) in [5, 5.41) is 0. The van der Waals surface area contributed by atoms with Crippen LogP contribution in [0.2, 0.25) is 0 Å². The number of unbranched alkanes of at least 4 members (excludes halogenated alkanes) is 2. The zero-order valence-electron chi connectivity index (χ0n) is 30.9. The summed E-state index contributed by atoms with van der Waals surface area (Å²) in [7, 11) is 0. The largest absolute Gasteiger partial charge is 0.462 e. The van der Waals surface area contributed by atoms with E-state index < -0.39 is 16.9 Å². The van der Waals surface area contributed by atoms with E-state index in [-0.39, 0.29) is 11.9 Å². The molecule has 49 heavy (non-hydrogen) atoms. The first-order valence-corrected chi connectivity index (χ1v) is 18.9. The number of carbonyl (C=O) groups excluding carboxylic acids is 2. The number of rotatable bonds is 17. The van der Waals surface area contributed by atoms with Crippen molar-refractivity contribution >= 4 is 18.0 Å². The molecule has 5 rings (SSSR count). The quantitative estimate of drug-likeness (QED) is 0.135. The van der Waals surface area contributed by atoms with Gasteiger partial charge in [0.1, 0.15) is 6.10 Å². The second-order valence-electron chi connectivity index (χ2n) is 15.8. The summed E-state index contributed by atoms with van der Waals surface area (Å²) < 4.78 is 12.5. The third kappa shape index (κ3) is 8.74. The molecule has 0 aliphatic heterocycles. The summed E-state index contributed by atoms with van der Waals surface area (Å²) in [6, 6.07) is 25.0. The molecule has 262 valence electrons. The lowest BCUT2D eigenvalue weighted by Crippen LogP contribution is -2.37. The molecular weight excluding hydrogens is 604 g/mol. The number of ether oxygens (including phenoxy) is 2. The molecule has 0 bridgehead atoms. The van der Waals surface area contributed by atoms with Gasteiger partial charge in [0.25, 0.3) is 0 Å². The van der Waals surface area contributed by atoms with Gasteiger partial charge in [0.15, 0.2) is 0 Å². The topological polar surface area (TPSA) is 52.6 Å². The molecule has 2 aliphatic carbocycles. The van der Waals surface area contributed by atoms with Crippen LogP contribution < -0.4 is 0 Å². The van der Waals surface area contributed by atoms with Crippen molar-refractivity contribution in [3.05, 3.63) is 112 Å². The van der Waals surface area contributed by atoms with Crippen molar-refractivity contribution in [1.82, 2.24) is 0 Å². The van der Waals surface area contributed by atoms with Crippen LogP contribution in [0.1, 0.15) is 137 Å². The molecule has 0 fully saturated rings. The Bertz CT molecular complexity index is 1590. The second kappa shape index (κ2) is 16.4. The summed E-state index contributed by atoms with van der Waals surface area (Å²) in [6.07, 6.45) is 13.2. The first-order valence-electron chi connectivity index (χ1n) is 18.9. The first-order chi connectivity index (χ1) is 23.6. The van der Waals surface area contributed by atoms with E-state index in [9.17, 15) is 9.59 Å². The van der Waals surface area contributed by atoms with Gasteiger partial charge in [-0.15, -0.1) is 0 Å². The normalized spacial score (nSPS) is 18.4. The van der Waals surface area contributed by atoms with E-state index in [1.807, 2.05) is 26.0 Å². The van der Waals surface area contributed by atoms with Crippen LogP contribution in [0.25, 0.3) is 6.08 Å². The van der Waals surface area contributed by atoms with E-state index in [1.54, 1.807) is 0 Å². The van der Waals surface area contributed by atoms with Gasteiger partial charge in [-0.1, -0.05) is 139 Å². The SMILES string of the molecule is CCCCC(CCCC)CCOC(=O)c1ccc(CC2(C3=Cc4ccccc4C3)Cc3ccccc3C2OC(=O)C(C)(C)CC(C)C)cc1. The fraction of sp³-hybridized carbons (Fsp3) is 0.511. The number of hydrogen-bond donors (Lipinski definition) is 0. The standard InChI is InChI=1S/C45H58O4/c1-7-9-15-33(16-10-8-2)25-26-48-42(46)35-23-21-34(22-24-35)30-45(39-27-36-17-11-12-18-37(36)28-39)31-38-19-13-14-20-40(38)41(45)49-43(47)44(5,6)29-32(3)4/h11-14,17-24,27,32-33,41H,7-10,15-16,25-26,28-31H2,1-6H3. The molecule has 0 spiro atoms. The average molecular weight is 663 g/mol. The Kier molecular flexibility index (Phi) is 12.2. The van der Waals surface area contributed by atoms with Crippen LogP contribution in [0.4, 0.5) is 0 Å². The van der Waals surface area contributed by atoms with Gasteiger partial charge in [-0.3, -0.25) is 4.79 Å². The lowest BCUT2D eigenvalue weighted by molar-refractivity contribution is -0.166. The molecule has 0 N–H and O–H groups in total. The van der Waals surface area contributed by atoms with E-state index in [1.165, 1.54) is 60.8 Å². The highest BCUT2D eigenvalue weighted by atomic mass is 16.5. The number of esters is 2. The van der Waals surface area contributed by atoms with Crippen molar-refractivity contribution in [3.63, 3.8) is 0 Å². The van der Waals surface area contributed by atoms with Crippen LogP contribution in [-0.2, 0) is 33.5 Å². The molecule has 2 unspecified atom stereocenters. The van der Waals surface area contributed by atoms with Crippen LogP contribution in [-0.4, -0.2) is 18.5 Å². The number of hydrogen-bond acceptors (Lipinski definition) is 4. The highest BCUT2D eigenvalue weighted by molar-refractivity contribution is 5.89. The third-order valence-electron chi connectivity index (χ3n) is 10.8. The number of fused-ring (bicyclic) bond motifs is 2. The monoisotopic (exact) mass is 662 g/mol. The fourth-order valence-electron chi connectivity index (χ4n) is 8.32. The molecule has 0 aromatic heterocycles. The molecule has 3 aromatic rings. The van der Waals surface area contributed by atoms with E-state index in [4.69, 9.17) is 9.47 Å². The van der Waals surface area contributed by atoms with Crippen LogP contribution in [0.5, 0.6) is 0 Å². The lowest BCUT2D eigenvalue weighted by Gasteiger charge is -2.39. The molecule has 2 atom stereocenters. The van der Waals surface area contributed by atoms with Gasteiger partial charge in [-0.05, 0) is 97.7 Å². The van der Waals surface area contributed by atoms with Gasteiger partial charge in [0, 0.05) is 5.41 Å². The fourth-order valence-corrected chi connectivity index (χ4v) is 8.32. The van der Waals surface area contributed by atoms with E-state index >= 15 is 0 Å². The van der Waals surface area contributed by atoms with E-state index in [2.05, 4.69) is 94.4 Å². The Labute approximate surface area is 295 Å². The maximum atomic E-state index is 14.0. The molecule has 0 radical (unpaired) electrons. The van der Waals surface area contributed by atoms with Gasteiger partial charge >= 0.3 is 11.9 Å². The number of benzene rings is 3. The van der Waals surface area contributed by atoms with Crippen molar-refractivity contribution in [2.24, 2.45) is 22.7 Å². The van der Waals surface area contributed by atoms with Gasteiger partial charge in [-0.25, -0.2) is 4.79 Å². The van der Waals surface area contributed by atoms with Gasteiger partial charge in [-0.2, -0.15) is 0 Å². The maximum absolute atomic E-state index is 14.0. The minimum absolute atomic E-state index is 0.145. The Morgan fingerprint density at radius 3 is 2.16 bits per heavy atom. The lowest BCUT2D eigenvalue weighted by atomic mass is 9.70. The third-order valence-corrected chi connectivity index (χ3v) is 10.8. The zero-order chi connectivity index (χ0) is 35.0. The molecule has 0 saturated carbocycles. The summed E-state index contributed by atoms with van der Waals surface area (Å²) in [6.45, 7) is 13.3. The predicted octanol–water partition coefficient (Wildman–Crippen LogP) is 11.3. The predicted molar refractivity (Wildman–Crippen MR) is 200 cm³/mol. The summed E-state index contributed by atoms with van der Waals surface area (Å²) in [5.41, 5.74) is 6.82. The maximum Gasteiger partial charge on any atom is 0.338 e. The highest BCUT2D eigenvalue weighted by Gasteiger charge is 2.52. The summed E-state index contributed by atoms with van der Waals surface area (Å²) >= 11 is 0. The van der Waals surface area contributed by atoms with E-state index in [0.717, 1.165) is 36.8 Å². The summed E-state index contributed by atoms with van der Waals surface area (Å²) in [4.78, 5) is 27.1. The van der Waals surface area contributed by atoms with Crippen molar-refractivity contribution in [1.29, 1.82) is 0 Å². The molecular formula is C45H58O4. The second-order valence-corrected chi connectivity index (χ2v) is 15.8. The van der Waals surface area contributed by atoms with Crippen molar-refractivity contribution < 1.29 is 19.1 Å². The van der Waals surface area contributed by atoms with Crippen LogP contribution in [0.3, 0.4) is 0 Å². The molecule has 0 heterocycles. The highest BCUT2D eigenvalue weighted by Crippen LogP contribution is 2.57. The van der Waals surface area contributed by atoms with Crippen LogP contribution in [0.15, 0.2) is 78.4 Å². The van der Waals surface area contributed by atoms with Crippen molar-refractivity contribution in [3.8, 4) is 0 Å². The molecule has 4 nitrogen and oxygen atoms in total. The Morgan fingerprint density at radius 1 is 0.857 bits per heavy atom. The minimum atomic E-state index is -0.599. The van der Waals surface area contributed by atoms with Crippen molar-refractivity contribution in [2.75, 3.05) is 6.61 Å². The smallest absolute Gasteiger partial charge is 0.338 e.